The van der Waals surface area contributed by atoms with Gasteiger partial charge in [-0.15, -0.1) is 30.6 Å². The third-order valence-electron chi connectivity index (χ3n) is 2.55. The van der Waals surface area contributed by atoms with Crippen molar-refractivity contribution in [2.24, 2.45) is 4.99 Å². The zero-order chi connectivity index (χ0) is 13.2. The van der Waals surface area contributed by atoms with Gasteiger partial charge in [0.1, 0.15) is 0 Å². The summed E-state index contributed by atoms with van der Waals surface area (Å²) in [5, 5.41) is 6.34. The van der Waals surface area contributed by atoms with E-state index in [1.165, 1.54) is 0 Å². The highest BCUT2D eigenvalue weighted by Gasteiger charge is 2.10. The van der Waals surface area contributed by atoms with Gasteiger partial charge in [-0.2, -0.15) is 0 Å². The van der Waals surface area contributed by atoms with Gasteiger partial charge < -0.3 is 15.4 Å². The third kappa shape index (κ3) is 6.58. The van der Waals surface area contributed by atoms with Crippen molar-refractivity contribution < 1.29 is 4.74 Å². The first-order chi connectivity index (χ1) is 8.81. The largest absolute Gasteiger partial charge is 0.375 e. The summed E-state index contributed by atoms with van der Waals surface area (Å²) in [7, 11) is 3.45. The molecule has 19 heavy (non-hydrogen) atoms. The van der Waals surface area contributed by atoms with Crippen molar-refractivity contribution in [3.8, 4) is 0 Å². The summed E-state index contributed by atoms with van der Waals surface area (Å²) in [6, 6.07) is 10.1. The molecule has 106 valence electrons. The fraction of sp³-hybridized carbons (Fsp3) is 0.357. The summed E-state index contributed by atoms with van der Waals surface area (Å²) in [4.78, 5) is 4.12. The second-order valence-electron chi connectivity index (χ2n) is 3.76. The lowest BCUT2D eigenvalue weighted by atomic mass is 10.1. The molecular weight excluding hydrogens is 353 g/mol. The zero-order valence-corrected chi connectivity index (χ0v) is 13.8. The molecule has 0 aliphatic heterocycles. The number of rotatable bonds is 6. The van der Waals surface area contributed by atoms with Gasteiger partial charge in [0.05, 0.1) is 6.10 Å². The smallest absolute Gasteiger partial charge is 0.191 e. The van der Waals surface area contributed by atoms with Crippen LogP contribution < -0.4 is 10.6 Å². The van der Waals surface area contributed by atoms with Gasteiger partial charge in [-0.25, -0.2) is 0 Å². The maximum atomic E-state index is 5.47. The fourth-order valence-electron chi connectivity index (χ4n) is 1.58. The van der Waals surface area contributed by atoms with Gasteiger partial charge in [-0.1, -0.05) is 36.4 Å². The molecule has 0 aliphatic rings. The number of halogens is 1. The van der Waals surface area contributed by atoms with E-state index in [4.69, 9.17) is 4.74 Å². The van der Waals surface area contributed by atoms with Crippen molar-refractivity contribution in [2.75, 3.05) is 27.2 Å². The minimum Gasteiger partial charge on any atom is -0.375 e. The van der Waals surface area contributed by atoms with Gasteiger partial charge in [0.15, 0.2) is 5.96 Å². The Balaban J connectivity index is 0.00000324. The number of hydrogen-bond acceptors (Lipinski definition) is 2. The molecule has 0 radical (unpaired) electrons. The van der Waals surface area contributed by atoms with Crippen LogP contribution in [0.25, 0.3) is 0 Å². The molecule has 0 saturated heterocycles. The molecular formula is C14H22IN3O. The Bertz CT molecular complexity index is 382. The topological polar surface area (TPSA) is 45.7 Å². The van der Waals surface area contributed by atoms with E-state index in [2.05, 4.69) is 34.3 Å². The minimum absolute atomic E-state index is 0. The average Bonchev–Trinajstić information content (AvgIpc) is 2.44. The van der Waals surface area contributed by atoms with Crippen LogP contribution >= 0.6 is 24.0 Å². The number of guanidine groups is 1. The van der Waals surface area contributed by atoms with Crippen LogP contribution in [0.2, 0.25) is 0 Å². The normalized spacial score (nSPS) is 12.2. The molecule has 1 rings (SSSR count). The molecule has 0 spiro atoms. The highest BCUT2D eigenvalue weighted by atomic mass is 127. The Morgan fingerprint density at radius 3 is 2.58 bits per heavy atom. The monoisotopic (exact) mass is 375 g/mol. The van der Waals surface area contributed by atoms with Crippen LogP contribution in [0.3, 0.4) is 0 Å². The van der Waals surface area contributed by atoms with Gasteiger partial charge in [-0.3, -0.25) is 4.99 Å². The van der Waals surface area contributed by atoms with Crippen LogP contribution in [0.4, 0.5) is 0 Å². The predicted molar refractivity (Wildman–Crippen MR) is 91.2 cm³/mol. The SMILES string of the molecule is C=CCNC(=NC)NCC(OC)c1ccccc1.I. The number of methoxy groups -OCH3 is 1. The Kier molecular flexibility index (Phi) is 10.2. The van der Waals surface area contributed by atoms with Crippen molar-refractivity contribution in [3.63, 3.8) is 0 Å². The molecule has 0 heterocycles. The average molecular weight is 375 g/mol. The Labute approximate surface area is 132 Å². The van der Waals surface area contributed by atoms with Crippen molar-refractivity contribution in [3.05, 3.63) is 48.6 Å². The number of hydrogen-bond donors (Lipinski definition) is 2. The second-order valence-corrected chi connectivity index (χ2v) is 3.76. The summed E-state index contributed by atoms with van der Waals surface area (Å²) in [5.41, 5.74) is 1.15. The van der Waals surface area contributed by atoms with E-state index in [0.717, 1.165) is 11.5 Å². The maximum Gasteiger partial charge on any atom is 0.191 e. The van der Waals surface area contributed by atoms with E-state index < -0.39 is 0 Å². The molecule has 1 atom stereocenters. The number of nitrogens with zero attached hydrogens (tertiary/aromatic N) is 1. The molecule has 1 aromatic rings. The van der Waals surface area contributed by atoms with E-state index in [0.29, 0.717) is 13.1 Å². The standard InChI is InChI=1S/C14H21N3O.HI/c1-4-10-16-14(15-2)17-11-13(18-3)12-8-6-5-7-9-12;/h4-9,13H,1,10-11H2,2-3H3,(H2,15,16,17);1H. The van der Waals surface area contributed by atoms with Gasteiger partial charge >= 0.3 is 0 Å². The minimum atomic E-state index is 0. The molecule has 1 unspecified atom stereocenters. The highest BCUT2D eigenvalue weighted by molar-refractivity contribution is 14.0. The van der Waals surface area contributed by atoms with Crippen LogP contribution in [0.15, 0.2) is 48.0 Å². The van der Waals surface area contributed by atoms with Gasteiger partial charge in [0.25, 0.3) is 0 Å². The van der Waals surface area contributed by atoms with E-state index in [1.54, 1.807) is 20.2 Å². The lowest BCUT2D eigenvalue weighted by Gasteiger charge is -2.18. The van der Waals surface area contributed by atoms with E-state index in [-0.39, 0.29) is 30.1 Å². The molecule has 5 heteroatoms. The molecule has 0 saturated carbocycles. The third-order valence-corrected chi connectivity index (χ3v) is 2.55. The van der Waals surface area contributed by atoms with Crippen molar-refractivity contribution in [2.45, 2.75) is 6.10 Å². The van der Waals surface area contributed by atoms with Crippen LogP contribution in [0.1, 0.15) is 11.7 Å². The summed E-state index contributed by atoms with van der Waals surface area (Å²) >= 11 is 0. The predicted octanol–water partition coefficient (Wildman–Crippen LogP) is 2.34. The van der Waals surface area contributed by atoms with E-state index >= 15 is 0 Å². The quantitative estimate of drug-likeness (QED) is 0.347. The number of aliphatic imine (C=N–C) groups is 1. The van der Waals surface area contributed by atoms with Gasteiger partial charge in [0, 0.05) is 27.2 Å². The fourth-order valence-corrected chi connectivity index (χ4v) is 1.58. The lowest BCUT2D eigenvalue weighted by Crippen LogP contribution is -2.39. The number of ether oxygens (including phenoxy) is 1. The van der Waals surface area contributed by atoms with E-state index in [1.807, 2.05) is 18.2 Å². The van der Waals surface area contributed by atoms with Crippen molar-refractivity contribution >= 4 is 29.9 Å². The summed E-state index contributed by atoms with van der Waals surface area (Å²) in [5.74, 6) is 0.743. The maximum absolute atomic E-state index is 5.47. The summed E-state index contributed by atoms with van der Waals surface area (Å²) in [6.07, 6.45) is 1.80. The summed E-state index contributed by atoms with van der Waals surface area (Å²) in [6.45, 7) is 5.00. The van der Waals surface area contributed by atoms with Crippen molar-refractivity contribution in [1.29, 1.82) is 0 Å². The highest BCUT2D eigenvalue weighted by Crippen LogP contribution is 2.14. The van der Waals surface area contributed by atoms with Crippen molar-refractivity contribution in [1.82, 2.24) is 10.6 Å². The van der Waals surface area contributed by atoms with E-state index in [9.17, 15) is 0 Å². The first-order valence-electron chi connectivity index (χ1n) is 5.95. The summed E-state index contributed by atoms with van der Waals surface area (Å²) < 4.78 is 5.47. The Morgan fingerprint density at radius 1 is 1.37 bits per heavy atom. The molecule has 0 aromatic heterocycles. The molecule has 0 bridgehead atoms. The van der Waals surface area contributed by atoms with Crippen LogP contribution in [-0.4, -0.2) is 33.2 Å². The molecule has 0 aliphatic carbocycles. The zero-order valence-electron chi connectivity index (χ0n) is 11.4. The first-order valence-corrected chi connectivity index (χ1v) is 5.95. The lowest BCUT2D eigenvalue weighted by molar-refractivity contribution is 0.106. The number of nitrogens with one attached hydrogen (secondary N) is 2. The molecule has 1 aromatic carbocycles. The van der Waals surface area contributed by atoms with Crippen LogP contribution in [-0.2, 0) is 4.74 Å². The van der Waals surface area contributed by atoms with Crippen LogP contribution in [0, 0.1) is 0 Å². The first kappa shape index (κ1) is 17.9. The molecule has 4 nitrogen and oxygen atoms in total. The molecule has 2 N–H and O–H groups in total. The second kappa shape index (κ2) is 10.8. The van der Waals surface area contributed by atoms with Gasteiger partial charge in [-0.05, 0) is 5.56 Å². The molecule has 0 amide bonds. The van der Waals surface area contributed by atoms with Crippen LogP contribution in [0.5, 0.6) is 0 Å². The van der Waals surface area contributed by atoms with Gasteiger partial charge in [0.2, 0.25) is 0 Å². The number of benzene rings is 1. The Hall–Kier alpha value is -1.08. The molecule has 0 fully saturated rings. The Morgan fingerprint density at radius 2 is 2.05 bits per heavy atom.